The summed E-state index contributed by atoms with van der Waals surface area (Å²) in [6, 6.07) is 3.77. The Morgan fingerprint density at radius 2 is 1.43 bits per heavy atom. The van der Waals surface area contributed by atoms with E-state index in [2.05, 4.69) is 21.4 Å². The van der Waals surface area contributed by atoms with Crippen molar-refractivity contribution in [2.45, 2.75) is 64.4 Å². The highest BCUT2D eigenvalue weighted by Crippen LogP contribution is 2.52. The Balaban J connectivity index is 0. The third kappa shape index (κ3) is 9.76. The predicted molar refractivity (Wildman–Crippen MR) is 123 cm³/mol. The minimum absolute atomic E-state index is 0.123. The standard InChI is InChI=1S/C13H10F3N3O2.C5H3F9.C2H2O.C2H6.CH2O/c1-7-17-18-12-5-4-11(20)9-6-8(21-13(14,15)16)2-3-10(9)19(7)12;1-2(6,7)3(8,9)4(10,11)5(12,13)14;1-2-3;2*1-2/h2-4,6,20H,5H2,1H3;1H3;1,3H;1-2H3;1H2. The van der Waals surface area contributed by atoms with Gasteiger partial charge in [0.1, 0.15) is 36.1 Å². The van der Waals surface area contributed by atoms with Gasteiger partial charge in [-0.2, -0.15) is 39.5 Å². The fraction of sp³-hybridized carbons (Fsp3) is 0.435. The number of hydrogen-bond donors (Lipinski definition) is 2. The van der Waals surface area contributed by atoms with Crippen LogP contribution < -0.4 is 4.74 Å². The largest absolute Gasteiger partial charge is 0.573 e. The zero-order valence-electron chi connectivity index (χ0n) is 21.9. The number of hydrogen-bond acceptors (Lipinski definition) is 6. The van der Waals surface area contributed by atoms with Crippen molar-refractivity contribution in [2.24, 2.45) is 0 Å². The van der Waals surface area contributed by atoms with Crippen LogP contribution in [-0.4, -0.2) is 62.1 Å². The SMILES string of the molecule is C#CO.C=O.CC.CC(F)(F)C(F)(F)C(F)(F)C(F)(F)F.Cc1nnc2n1-c1ccc(OC(F)(F)F)cc1C(O)=CC2. The number of rotatable bonds is 3. The minimum Gasteiger partial charge on any atom is -0.508 e. The molecule has 0 radical (unpaired) electrons. The van der Waals surface area contributed by atoms with Gasteiger partial charge in [-0.3, -0.25) is 4.57 Å². The van der Waals surface area contributed by atoms with E-state index in [-0.39, 0.29) is 11.3 Å². The number of nitrogens with zero attached hydrogens (tertiary/aromatic N) is 3. The highest BCUT2D eigenvalue weighted by atomic mass is 19.4. The normalized spacial score (nSPS) is 12.7. The lowest BCUT2D eigenvalue weighted by atomic mass is 10.1. The highest BCUT2D eigenvalue weighted by Gasteiger charge is 2.80. The van der Waals surface area contributed by atoms with Gasteiger partial charge in [0.15, 0.2) is 0 Å². The molecule has 3 rings (SSSR count). The molecule has 0 fully saturated rings. The number of ether oxygens (including phenoxy) is 1. The van der Waals surface area contributed by atoms with E-state index in [1.165, 1.54) is 24.3 Å². The van der Waals surface area contributed by atoms with Crippen LogP contribution in [0.1, 0.15) is 38.0 Å². The highest BCUT2D eigenvalue weighted by molar-refractivity contribution is 5.70. The first-order valence-electron chi connectivity index (χ1n) is 10.8. The Morgan fingerprint density at radius 3 is 1.81 bits per heavy atom. The molecule has 0 bridgehead atoms. The number of carbonyl (C=O) groups is 1. The second-order valence-electron chi connectivity index (χ2n) is 7.18. The number of alkyl halides is 12. The number of fused-ring (bicyclic) bond motifs is 3. The van der Waals surface area contributed by atoms with Crippen molar-refractivity contribution in [3.05, 3.63) is 41.5 Å². The number of aliphatic hydroxyl groups excluding tert-OH is 2. The van der Waals surface area contributed by atoms with Gasteiger partial charge in [-0.1, -0.05) is 20.3 Å². The van der Waals surface area contributed by atoms with Crippen LogP contribution in [0.15, 0.2) is 24.3 Å². The molecule has 7 nitrogen and oxygen atoms in total. The lowest BCUT2D eigenvalue weighted by Gasteiger charge is -2.31. The van der Waals surface area contributed by atoms with E-state index in [0.717, 1.165) is 6.07 Å². The lowest BCUT2D eigenvalue weighted by molar-refractivity contribution is -0.393. The van der Waals surface area contributed by atoms with E-state index in [1.54, 1.807) is 11.5 Å². The summed E-state index contributed by atoms with van der Waals surface area (Å²) in [5.74, 6) is -18.0. The van der Waals surface area contributed by atoms with Crippen LogP contribution in [-0.2, 0) is 11.2 Å². The van der Waals surface area contributed by atoms with Crippen molar-refractivity contribution in [3.8, 4) is 24.0 Å². The Labute approximate surface area is 230 Å². The third-order valence-electron chi connectivity index (χ3n) is 4.39. The lowest BCUT2D eigenvalue weighted by Crippen LogP contribution is -2.59. The topological polar surface area (TPSA) is 97.5 Å². The van der Waals surface area contributed by atoms with Gasteiger partial charge in [0.25, 0.3) is 0 Å². The fourth-order valence-electron chi connectivity index (χ4n) is 2.72. The van der Waals surface area contributed by atoms with Crippen LogP contribution in [0.4, 0.5) is 52.7 Å². The van der Waals surface area contributed by atoms with E-state index < -0.39 is 43.0 Å². The zero-order chi connectivity index (χ0) is 33.9. The van der Waals surface area contributed by atoms with Gasteiger partial charge in [-0.25, -0.2) is 0 Å². The molecule has 0 saturated carbocycles. The quantitative estimate of drug-likeness (QED) is 0.274. The molecule has 2 aromatic rings. The average Bonchev–Trinajstić information content (AvgIpc) is 3.16. The molecule has 1 aliphatic rings. The summed E-state index contributed by atoms with van der Waals surface area (Å²) < 4.78 is 148. The molecule has 2 N–H and O–H groups in total. The van der Waals surface area contributed by atoms with E-state index >= 15 is 0 Å². The number of aliphatic hydroxyl groups is 2. The molecule has 2 heterocycles. The summed E-state index contributed by atoms with van der Waals surface area (Å²) >= 11 is 0. The molecular weight excluding hydrogens is 610 g/mol. The second-order valence-corrected chi connectivity index (χ2v) is 7.18. The van der Waals surface area contributed by atoms with Gasteiger partial charge in [-0.05, 0) is 31.2 Å². The van der Waals surface area contributed by atoms with E-state index in [9.17, 15) is 57.8 Å². The maximum atomic E-state index is 12.3. The number of terminal acetylenes is 1. The van der Waals surface area contributed by atoms with Crippen LogP contribution in [0, 0.1) is 19.5 Å². The third-order valence-corrected chi connectivity index (χ3v) is 4.39. The van der Waals surface area contributed by atoms with Crippen LogP contribution in [0.25, 0.3) is 11.4 Å². The smallest absolute Gasteiger partial charge is 0.508 e. The molecule has 0 unspecified atom stereocenters. The summed E-state index contributed by atoms with van der Waals surface area (Å²) in [6.07, 6.45) is -4.30. The summed E-state index contributed by atoms with van der Waals surface area (Å²) in [4.78, 5) is 8.00. The molecule has 42 heavy (non-hydrogen) atoms. The fourth-order valence-corrected chi connectivity index (χ4v) is 2.72. The molecule has 0 amide bonds. The van der Waals surface area contributed by atoms with Crippen molar-refractivity contribution >= 4 is 12.5 Å². The molecule has 0 saturated heterocycles. The Morgan fingerprint density at radius 1 is 0.952 bits per heavy atom. The first kappa shape index (κ1) is 40.0. The number of carbonyl (C=O) groups excluding carboxylic acids is 1. The number of halogens is 12. The van der Waals surface area contributed by atoms with Gasteiger partial charge in [-0.15, -0.1) is 23.4 Å². The summed E-state index contributed by atoms with van der Waals surface area (Å²) in [5.41, 5.74) is 0.742. The van der Waals surface area contributed by atoms with Gasteiger partial charge in [0.2, 0.25) is 0 Å². The van der Waals surface area contributed by atoms with Crippen LogP contribution >= 0.6 is 0 Å². The molecule has 1 aliphatic heterocycles. The monoisotopic (exact) mass is 633 g/mol. The molecule has 0 spiro atoms. The van der Waals surface area contributed by atoms with E-state index in [0.29, 0.717) is 23.8 Å². The molecule has 19 heteroatoms. The van der Waals surface area contributed by atoms with Crippen molar-refractivity contribution in [1.29, 1.82) is 0 Å². The zero-order valence-corrected chi connectivity index (χ0v) is 21.9. The van der Waals surface area contributed by atoms with Gasteiger partial charge >= 0.3 is 30.3 Å². The molecule has 1 aromatic heterocycles. The van der Waals surface area contributed by atoms with Crippen molar-refractivity contribution in [1.82, 2.24) is 14.8 Å². The molecule has 1 aromatic carbocycles. The molecule has 238 valence electrons. The maximum Gasteiger partial charge on any atom is 0.573 e. The number of allylic oxidation sites excluding steroid dienone is 1. The van der Waals surface area contributed by atoms with Crippen LogP contribution in [0.5, 0.6) is 5.75 Å². The van der Waals surface area contributed by atoms with Crippen LogP contribution in [0.2, 0.25) is 0 Å². The first-order chi connectivity index (χ1) is 19.0. The number of aromatic nitrogens is 3. The summed E-state index contributed by atoms with van der Waals surface area (Å²) in [7, 11) is 0. The molecule has 0 atom stereocenters. The van der Waals surface area contributed by atoms with E-state index in [1.807, 2.05) is 20.6 Å². The Kier molecular flexibility index (Phi) is 14.5. The Hall–Kier alpha value is -4.11. The van der Waals surface area contributed by atoms with Gasteiger partial charge < -0.3 is 19.7 Å². The van der Waals surface area contributed by atoms with Crippen molar-refractivity contribution < 1.29 is 72.4 Å². The van der Waals surface area contributed by atoms with Crippen molar-refractivity contribution in [2.75, 3.05) is 0 Å². The Bertz CT molecular complexity index is 1190. The molecular formula is C23H23F12N3O4. The molecule has 0 aliphatic carbocycles. The van der Waals surface area contributed by atoms with Gasteiger partial charge in [0, 0.05) is 18.9 Å². The first-order valence-corrected chi connectivity index (χ1v) is 10.8. The summed E-state index contributed by atoms with van der Waals surface area (Å²) in [6.45, 7) is 7.01. The minimum atomic E-state index is -6.77. The van der Waals surface area contributed by atoms with E-state index in [4.69, 9.17) is 9.90 Å². The predicted octanol–water partition coefficient (Wildman–Crippen LogP) is 7.19. The average molecular weight is 633 g/mol. The number of benzene rings is 1. The second kappa shape index (κ2) is 15.2. The van der Waals surface area contributed by atoms with Crippen LogP contribution in [0.3, 0.4) is 0 Å². The van der Waals surface area contributed by atoms with Gasteiger partial charge in [0.05, 0.1) is 5.69 Å². The number of aryl methyl sites for hydroxylation is 1. The van der Waals surface area contributed by atoms with Crippen molar-refractivity contribution in [3.63, 3.8) is 0 Å². The summed E-state index contributed by atoms with van der Waals surface area (Å²) in [5, 5.41) is 25.0. The maximum absolute atomic E-state index is 12.3.